The van der Waals surface area contributed by atoms with Gasteiger partial charge in [0.2, 0.25) is 5.89 Å². The predicted molar refractivity (Wildman–Crippen MR) is 57.9 cm³/mol. The van der Waals surface area contributed by atoms with Crippen LogP contribution in [0.25, 0.3) is 10.8 Å². The molecular weight excluding hydrogens is 266 g/mol. The number of thiophene rings is 1. The Morgan fingerprint density at radius 2 is 2.36 bits per heavy atom. The van der Waals surface area contributed by atoms with Gasteiger partial charge in [-0.3, -0.25) is 0 Å². The van der Waals surface area contributed by atoms with Crippen LogP contribution in [0, 0.1) is 0 Å². The Kier molecular flexibility index (Phi) is 2.66. The maximum Gasteiger partial charge on any atom is 0.258 e. The van der Waals surface area contributed by atoms with Gasteiger partial charge in [-0.15, -0.1) is 21.5 Å². The van der Waals surface area contributed by atoms with Gasteiger partial charge < -0.3 is 10.2 Å². The van der Waals surface area contributed by atoms with Gasteiger partial charge in [0.15, 0.2) is 0 Å². The summed E-state index contributed by atoms with van der Waals surface area (Å²) in [6, 6.07) is 1.71. The lowest BCUT2D eigenvalue weighted by molar-refractivity contribution is 0.474. The summed E-state index contributed by atoms with van der Waals surface area (Å²) in [5.74, 6) is 0.972. The summed E-state index contributed by atoms with van der Waals surface area (Å²) in [4.78, 5) is 0.935. The van der Waals surface area contributed by atoms with Crippen LogP contribution in [0.3, 0.4) is 0 Å². The van der Waals surface area contributed by atoms with E-state index >= 15 is 0 Å². The minimum Gasteiger partial charge on any atom is -0.418 e. The van der Waals surface area contributed by atoms with Crippen molar-refractivity contribution in [2.24, 2.45) is 5.73 Å². The van der Waals surface area contributed by atoms with Crippen molar-refractivity contribution in [3.8, 4) is 10.8 Å². The summed E-state index contributed by atoms with van der Waals surface area (Å²) in [5.41, 5.74) is 5.61. The van der Waals surface area contributed by atoms with E-state index in [9.17, 15) is 0 Å². The van der Waals surface area contributed by atoms with Crippen LogP contribution in [0.2, 0.25) is 0 Å². The first kappa shape index (κ1) is 9.82. The third kappa shape index (κ3) is 1.73. The van der Waals surface area contributed by atoms with E-state index in [1.807, 2.05) is 11.4 Å². The average Bonchev–Trinajstić information content (AvgIpc) is 2.71. The number of nitrogens with two attached hydrogens (primary N) is 1. The van der Waals surface area contributed by atoms with Crippen molar-refractivity contribution in [3.05, 3.63) is 21.8 Å². The van der Waals surface area contributed by atoms with E-state index in [-0.39, 0.29) is 6.04 Å². The molecule has 2 aromatic rings. The second-order valence-electron chi connectivity index (χ2n) is 2.83. The molecule has 4 nitrogen and oxygen atoms in total. The fraction of sp³-hybridized carbons (Fsp3) is 0.250. The normalized spacial score (nSPS) is 13.1. The van der Waals surface area contributed by atoms with Crippen LogP contribution in [-0.2, 0) is 0 Å². The van der Waals surface area contributed by atoms with E-state index < -0.39 is 0 Å². The summed E-state index contributed by atoms with van der Waals surface area (Å²) < 4.78 is 6.36. The van der Waals surface area contributed by atoms with E-state index in [4.69, 9.17) is 10.2 Å². The lowest BCUT2D eigenvalue weighted by Gasteiger charge is -1.94. The maximum atomic E-state index is 5.61. The van der Waals surface area contributed by atoms with Gasteiger partial charge in [0, 0.05) is 4.47 Å². The molecule has 0 aromatic carbocycles. The Morgan fingerprint density at radius 1 is 1.57 bits per heavy atom. The molecule has 0 aliphatic rings. The monoisotopic (exact) mass is 273 g/mol. The third-order valence-corrected chi connectivity index (χ3v) is 3.47. The SMILES string of the molecule is CC(N)c1nnc(-c2sccc2Br)o1. The van der Waals surface area contributed by atoms with Crippen LogP contribution in [0.5, 0.6) is 0 Å². The molecule has 2 rings (SSSR count). The molecule has 14 heavy (non-hydrogen) atoms. The van der Waals surface area contributed by atoms with Gasteiger partial charge in [0.25, 0.3) is 5.89 Å². The van der Waals surface area contributed by atoms with E-state index in [2.05, 4.69) is 26.1 Å². The number of hydrogen-bond donors (Lipinski definition) is 1. The summed E-state index contributed by atoms with van der Waals surface area (Å²) in [6.45, 7) is 1.81. The van der Waals surface area contributed by atoms with Crippen molar-refractivity contribution in [1.29, 1.82) is 0 Å². The number of hydrogen-bond acceptors (Lipinski definition) is 5. The van der Waals surface area contributed by atoms with Crippen LogP contribution >= 0.6 is 27.3 Å². The first-order valence-electron chi connectivity index (χ1n) is 4.01. The van der Waals surface area contributed by atoms with Gasteiger partial charge in [0.05, 0.1) is 6.04 Å². The van der Waals surface area contributed by atoms with Crippen LogP contribution in [-0.4, -0.2) is 10.2 Å². The van der Waals surface area contributed by atoms with Gasteiger partial charge >= 0.3 is 0 Å². The molecule has 2 N–H and O–H groups in total. The highest BCUT2D eigenvalue weighted by Crippen LogP contribution is 2.32. The van der Waals surface area contributed by atoms with Crippen LogP contribution in [0.1, 0.15) is 18.9 Å². The van der Waals surface area contributed by atoms with E-state index in [1.54, 1.807) is 18.3 Å². The number of rotatable bonds is 2. The highest BCUT2D eigenvalue weighted by atomic mass is 79.9. The number of nitrogens with zero attached hydrogens (tertiary/aromatic N) is 2. The molecule has 0 saturated carbocycles. The first-order valence-corrected chi connectivity index (χ1v) is 5.68. The Morgan fingerprint density at radius 3 is 2.86 bits per heavy atom. The van der Waals surface area contributed by atoms with Crippen LogP contribution in [0.15, 0.2) is 20.3 Å². The van der Waals surface area contributed by atoms with Crippen molar-refractivity contribution in [1.82, 2.24) is 10.2 Å². The minimum atomic E-state index is -0.227. The Balaban J connectivity index is 2.39. The molecule has 1 atom stereocenters. The second kappa shape index (κ2) is 3.80. The van der Waals surface area contributed by atoms with Crippen molar-refractivity contribution < 1.29 is 4.42 Å². The molecule has 0 spiro atoms. The maximum absolute atomic E-state index is 5.61. The largest absolute Gasteiger partial charge is 0.418 e. The van der Waals surface area contributed by atoms with Gasteiger partial charge in [-0.2, -0.15) is 0 Å². The van der Waals surface area contributed by atoms with E-state index in [1.165, 1.54) is 0 Å². The lowest BCUT2D eigenvalue weighted by Crippen LogP contribution is -2.04. The lowest BCUT2D eigenvalue weighted by atomic mass is 10.4. The molecule has 0 radical (unpaired) electrons. The molecule has 1 unspecified atom stereocenters. The molecule has 0 bridgehead atoms. The highest BCUT2D eigenvalue weighted by Gasteiger charge is 2.14. The summed E-state index contributed by atoms with van der Waals surface area (Å²) in [7, 11) is 0. The zero-order valence-corrected chi connectivity index (χ0v) is 9.80. The molecule has 0 amide bonds. The molecule has 6 heteroatoms. The average molecular weight is 274 g/mol. The molecule has 0 saturated heterocycles. The van der Waals surface area contributed by atoms with E-state index in [0.29, 0.717) is 11.8 Å². The highest BCUT2D eigenvalue weighted by molar-refractivity contribution is 9.10. The molecule has 2 heterocycles. The predicted octanol–water partition coefficient (Wildman–Crippen LogP) is 2.58. The zero-order chi connectivity index (χ0) is 10.1. The summed E-state index contributed by atoms with van der Waals surface area (Å²) in [5, 5.41) is 9.73. The number of aromatic nitrogens is 2. The molecule has 74 valence electrons. The molecular formula is C8H8BrN3OS. The smallest absolute Gasteiger partial charge is 0.258 e. The fourth-order valence-electron chi connectivity index (χ4n) is 0.957. The quantitative estimate of drug-likeness (QED) is 0.914. The zero-order valence-electron chi connectivity index (χ0n) is 7.40. The first-order chi connectivity index (χ1) is 6.68. The van der Waals surface area contributed by atoms with Gasteiger partial charge in [-0.05, 0) is 34.3 Å². The molecule has 2 aromatic heterocycles. The topological polar surface area (TPSA) is 64.9 Å². The van der Waals surface area contributed by atoms with Crippen LogP contribution in [0.4, 0.5) is 0 Å². The standard InChI is InChI=1S/C8H8BrN3OS/c1-4(10)7-11-12-8(13-7)6-5(9)2-3-14-6/h2-4H,10H2,1H3. The summed E-state index contributed by atoms with van der Waals surface area (Å²) in [6.07, 6.45) is 0. The Hall–Kier alpha value is -0.720. The molecule has 0 fully saturated rings. The Labute approximate surface area is 93.3 Å². The van der Waals surface area contributed by atoms with Crippen LogP contribution < -0.4 is 5.73 Å². The van der Waals surface area contributed by atoms with Gasteiger partial charge in [0.1, 0.15) is 4.88 Å². The van der Waals surface area contributed by atoms with Crippen molar-refractivity contribution in [2.45, 2.75) is 13.0 Å². The fourth-order valence-corrected chi connectivity index (χ4v) is 2.42. The summed E-state index contributed by atoms with van der Waals surface area (Å²) >= 11 is 4.94. The van der Waals surface area contributed by atoms with Crippen molar-refractivity contribution in [3.63, 3.8) is 0 Å². The molecule has 0 aliphatic carbocycles. The Bertz CT molecular complexity index is 437. The van der Waals surface area contributed by atoms with Gasteiger partial charge in [-0.25, -0.2) is 0 Å². The molecule has 0 aliphatic heterocycles. The minimum absolute atomic E-state index is 0.227. The second-order valence-corrected chi connectivity index (χ2v) is 4.60. The third-order valence-electron chi connectivity index (χ3n) is 1.64. The van der Waals surface area contributed by atoms with Gasteiger partial charge in [-0.1, -0.05) is 0 Å². The van der Waals surface area contributed by atoms with Crippen molar-refractivity contribution in [2.75, 3.05) is 0 Å². The van der Waals surface area contributed by atoms with E-state index in [0.717, 1.165) is 9.35 Å². The number of halogens is 1. The van der Waals surface area contributed by atoms with Crippen molar-refractivity contribution >= 4 is 27.3 Å².